The van der Waals surface area contributed by atoms with Gasteiger partial charge in [-0.2, -0.15) is 5.10 Å². The number of fused-ring (bicyclic) bond motifs is 1. The second-order valence-corrected chi connectivity index (χ2v) is 5.13. The molecule has 0 spiro atoms. The molecule has 1 amide bonds. The van der Waals surface area contributed by atoms with Crippen LogP contribution in [0.4, 0.5) is 5.69 Å². The third kappa shape index (κ3) is 2.49. The summed E-state index contributed by atoms with van der Waals surface area (Å²) >= 11 is 5.81. The lowest BCUT2D eigenvalue weighted by atomic mass is 9.96. The van der Waals surface area contributed by atoms with E-state index in [1.54, 1.807) is 24.3 Å². The van der Waals surface area contributed by atoms with Crippen molar-refractivity contribution in [2.75, 3.05) is 5.32 Å². The molecular formula is C14H14ClN3O. The smallest absolute Gasteiger partial charge is 0.276 e. The van der Waals surface area contributed by atoms with Crippen molar-refractivity contribution < 1.29 is 4.79 Å². The molecule has 1 heterocycles. The van der Waals surface area contributed by atoms with Crippen LogP contribution in [0.5, 0.6) is 0 Å². The number of nitrogens with one attached hydrogen (secondary N) is 2. The maximum absolute atomic E-state index is 12.2. The molecule has 4 nitrogen and oxygen atoms in total. The van der Waals surface area contributed by atoms with E-state index in [0.717, 1.165) is 42.6 Å². The van der Waals surface area contributed by atoms with Gasteiger partial charge in [0.05, 0.1) is 0 Å². The fourth-order valence-electron chi connectivity index (χ4n) is 2.39. The Bertz CT molecular complexity index is 604. The lowest BCUT2D eigenvalue weighted by molar-refractivity contribution is 0.102. The van der Waals surface area contributed by atoms with Gasteiger partial charge in [-0.15, -0.1) is 0 Å². The molecule has 1 aliphatic rings. The van der Waals surface area contributed by atoms with Gasteiger partial charge in [-0.25, -0.2) is 0 Å². The van der Waals surface area contributed by atoms with Crippen LogP contribution >= 0.6 is 11.6 Å². The van der Waals surface area contributed by atoms with Crippen LogP contribution in [0, 0.1) is 0 Å². The van der Waals surface area contributed by atoms with Gasteiger partial charge in [0.1, 0.15) is 0 Å². The monoisotopic (exact) mass is 275 g/mol. The number of anilines is 1. The van der Waals surface area contributed by atoms with E-state index in [2.05, 4.69) is 15.5 Å². The average Bonchev–Trinajstić information content (AvgIpc) is 2.85. The normalized spacial score (nSPS) is 13.9. The Hall–Kier alpha value is -1.81. The molecule has 0 radical (unpaired) electrons. The van der Waals surface area contributed by atoms with Gasteiger partial charge < -0.3 is 5.32 Å². The number of carbonyl (C=O) groups excluding carboxylic acids is 1. The molecule has 19 heavy (non-hydrogen) atoms. The first-order chi connectivity index (χ1) is 9.24. The van der Waals surface area contributed by atoms with Crippen molar-refractivity contribution >= 4 is 23.2 Å². The number of rotatable bonds is 2. The van der Waals surface area contributed by atoms with Crippen LogP contribution in [-0.4, -0.2) is 16.1 Å². The summed E-state index contributed by atoms with van der Waals surface area (Å²) in [5.74, 6) is -0.165. The van der Waals surface area contributed by atoms with Crippen molar-refractivity contribution in [3.8, 4) is 0 Å². The zero-order valence-corrected chi connectivity index (χ0v) is 11.1. The average molecular weight is 276 g/mol. The molecule has 1 aromatic carbocycles. The Morgan fingerprint density at radius 2 is 1.95 bits per heavy atom. The SMILES string of the molecule is O=C(Nc1ccc(Cl)cc1)c1n[nH]c2c1CCCC2. The number of amides is 1. The molecule has 0 fully saturated rings. The number of aryl methyl sites for hydroxylation is 1. The molecule has 5 heteroatoms. The van der Waals surface area contributed by atoms with Crippen LogP contribution in [0.2, 0.25) is 5.02 Å². The first-order valence-electron chi connectivity index (χ1n) is 6.37. The van der Waals surface area contributed by atoms with E-state index in [0.29, 0.717) is 10.7 Å². The molecule has 98 valence electrons. The molecule has 3 rings (SSSR count). The summed E-state index contributed by atoms with van der Waals surface area (Å²) in [7, 11) is 0. The first-order valence-corrected chi connectivity index (χ1v) is 6.75. The predicted octanol–water partition coefficient (Wildman–Crippen LogP) is 3.19. The second kappa shape index (κ2) is 5.05. The minimum atomic E-state index is -0.165. The van der Waals surface area contributed by atoms with Gasteiger partial charge in [0.2, 0.25) is 0 Å². The third-order valence-corrected chi connectivity index (χ3v) is 3.63. The van der Waals surface area contributed by atoms with Gasteiger partial charge in [0, 0.05) is 22.0 Å². The maximum atomic E-state index is 12.2. The molecule has 0 bridgehead atoms. The van der Waals surface area contributed by atoms with Gasteiger partial charge in [-0.05, 0) is 49.9 Å². The molecule has 0 saturated carbocycles. The highest BCUT2D eigenvalue weighted by molar-refractivity contribution is 6.30. The van der Waals surface area contributed by atoms with Crippen LogP contribution in [-0.2, 0) is 12.8 Å². The summed E-state index contributed by atoms with van der Waals surface area (Å²) in [5, 5.41) is 10.6. The van der Waals surface area contributed by atoms with E-state index in [-0.39, 0.29) is 5.91 Å². The lowest BCUT2D eigenvalue weighted by Gasteiger charge is -2.11. The van der Waals surface area contributed by atoms with Crippen molar-refractivity contribution in [2.45, 2.75) is 25.7 Å². The topological polar surface area (TPSA) is 57.8 Å². The second-order valence-electron chi connectivity index (χ2n) is 4.70. The Balaban J connectivity index is 1.80. The van der Waals surface area contributed by atoms with Crippen LogP contribution in [0.3, 0.4) is 0 Å². The molecule has 1 aromatic heterocycles. The number of hydrogen-bond acceptors (Lipinski definition) is 2. The number of nitrogens with zero attached hydrogens (tertiary/aromatic N) is 1. The van der Waals surface area contributed by atoms with Crippen molar-refractivity contribution in [2.24, 2.45) is 0 Å². The van der Waals surface area contributed by atoms with E-state index in [1.165, 1.54) is 0 Å². The van der Waals surface area contributed by atoms with E-state index in [1.807, 2.05) is 0 Å². The number of hydrogen-bond donors (Lipinski definition) is 2. The Morgan fingerprint density at radius 1 is 1.21 bits per heavy atom. The van der Waals surface area contributed by atoms with Crippen LogP contribution in [0.1, 0.15) is 34.6 Å². The fourth-order valence-corrected chi connectivity index (χ4v) is 2.52. The predicted molar refractivity (Wildman–Crippen MR) is 74.6 cm³/mol. The van der Waals surface area contributed by atoms with E-state index < -0.39 is 0 Å². The maximum Gasteiger partial charge on any atom is 0.276 e. The Kier molecular flexibility index (Phi) is 3.25. The molecule has 0 aliphatic heterocycles. The van der Waals surface area contributed by atoms with Gasteiger partial charge >= 0.3 is 0 Å². The van der Waals surface area contributed by atoms with Crippen molar-refractivity contribution in [3.05, 3.63) is 46.2 Å². The molecular weight excluding hydrogens is 262 g/mol. The minimum Gasteiger partial charge on any atom is -0.321 e. The summed E-state index contributed by atoms with van der Waals surface area (Å²) in [6.45, 7) is 0. The van der Waals surface area contributed by atoms with E-state index in [4.69, 9.17) is 11.6 Å². The Labute approximate surface area is 116 Å². The summed E-state index contributed by atoms with van der Waals surface area (Å²) in [6, 6.07) is 7.05. The number of halogens is 1. The molecule has 1 aliphatic carbocycles. The van der Waals surface area contributed by atoms with Crippen LogP contribution in [0.25, 0.3) is 0 Å². The minimum absolute atomic E-state index is 0.165. The number of aromatic amines is 1. The summed E-state index contributed by atoms with van der Waals surface area (Å²) in [6.07, 6.45) is 4.19. The summed E-state index contributed by atoms with van der Waals surface area (Å²) in [5.41, 5.74) is 3.41. The zero-order chi connectivity index (χ0) is 13.2. The molecule has 2 N–H and O–H groups in total. The van der Waals surface area contributed by atoms with Crippen LogP contribution < -0.4 is 5.32 Å². The number of carbonyl (C=O) groups is 1. The lowest BCUT2D eigenvalue weighted by Crippen LogP contribution is -2.15. The highest BCUT2D eigenvalue weighted by Gasteiger charge is 2.21. The zero-order valence-electron chi connectivity index (χ0n) is 10.4. The van der Waals surface area contributed by atoms with Crippen LogP contribution in [0.15, 0.2) is 24.3 Å². The first kappa shape index (κ1) is 12.2. The quantitative estimate of drug-likeness (QED) is 0.884. The van der Waals surface area contributed by atoms with Crippen molar-refractivity contribution in [3.63, 3.8) is 0 Å². The number of aromatic nitrogens is 2. The largest absolute Gasteiger partial charge is 0.321 e. The molecule has 0 atom stereocenters. The molecule has 0 unspecified atom stereocenters. The number of H-pyrrole nitrogens is 1. The van der Waals surface area contributed by atoms with Gasteiger partial charge in [-0.3, -0.25) is 9.89 Å². The fraction of sp³-hybridized carbons (Fsp3) is 0.286. The molecule has 2 aromatic rings. The Morgan fingerprint density at radius 3 is 2.74 bits per heavy atom. The third-order valence-electron chi connectivity index (χ3n) is 3.37. The van der Waals surface area contributed by atoms with Gasteiger partial charge in [-0.1, -0.05) is 11.6 Å². The van der Waals surface area contributed by atoms with Crippen molar-refractivity contribution in [1.29, 1.82) is 0 Å². The van der Waals surface area contributed by atoms with E-state index >= 15 is 0 Å². The van der Waals surface area contributed by atoms with E-state index in [9.17, 15) is 4.79 Å². The van der Waals surface area contributed by atoms with Gasteiger partial charge in [0.15, 0.2) is 5.69 Å². The molecule has 0 saturated heterocycles. The highest BCUT2D eigenvalue weighted by atomic mass is 35.5. The standard InChI is InChI=1S/C14H14ClN3O/c15-9-5-7-10(8-6-9)16-14(19)13-11-3-1-2-4-12(11)17-18-13/h5-8H,1-4H2,(H,16,19)(H,17,18). The number of benzene rings is 1. The summed E-state index contributed by atoms with van der Waals surface area (Å²) < 4.78 is 0. The van der Waals surface area contributed by atoms with Crippen molar-refractivity contribution in [1.82, 2.24) is 10.2 Å². The van der Waals surface area contributed by atoms with Gasteiger partial charge in [0.25, 0.3) is 5.91 Å². The highest BCUT2D eigenvalue weighted by Crippen LogP contribution is 2.23. The summed E-state index contributed by atoms with van der Waals surface area (Å²) in [4.78, 5) is 12.2.